The van der Waals surface area contributed by atoms with Gasteiger partial charge in [-0.2, -0.15) is 5.10 Å². The smallest absolute Gasteiger partial charge is 0.358 e. The Balaban J connectivity index is 2.19. The van der Waals surface area contributed by atoms with Gasteiger partial charge in [-0.05, 0) is 26.3 Å². The van der Waals surface area contributed by atoms with Crippen molar-refractivity contribution < 1.29 is 9.53 Å². The number of hydrogen-bond acceptors (Lipinski definition) is 4. The summed E-state index contributed by atoms with van der Waals surface area (Å²) in [6.45, 7) is 3.87. The lowest BCUT2D eigenvalue weighted by molar-refractivity contribution is 0.0591. The Kier molecular flexibility index (Phi) is 3.24. The Morgan fingerprint density at radius 3 is 3.12 bits per heavy atom. The van der Waals surface area contributed by atoms with Crippen molar-refractivity contribution in [1.82, 2.24) is 15.1 Å². The summed E-state index contributed by atoms with van der Waals surface area (Å²) < 4.78 is 6.57. The number of ether oxygens (including phenoxy) is 1. The lowest BCUT2D eigenvalue weighted by Gasteiger charge is -2.22. The second-order valence-electron chi connectivity index (χ2n) is 4.13. The fourth-order valence-electron chi connectivity index (χ4n) is 2.03. The SMILES string of the molecule is COC(=O)c1nn(C2CCCNC2)cc1C. The number of nitrogens with zero attached hydrogens (tertiary/aromatic N) is 2. The van der Waals surface area contributed by atoms with Gasteiger partial charge in [-0.3, -0.25) is 4.68 Å². The maximum atomic E-state index is 11.4. The van der Waals surface area contributed by atoms with Crippen LogP contribution in [-0.2, 0) is 4.74 Å². The molecule has 5 nitrogen and oxygen atoms in total. The van der Waals surface area contributed by atoms with Crippen LogP contribution >= 0.6 is 0 Å². The molecule has 1 aromatic heterocycles. The van der Waals surface area contributed by atoms with Crippen LogP contribution in [0.1, 0.15) is 34.9 Å². The first kappa shape index (κ1) is 11.1. The zero-order valence-electron chi connectivity index (χ0n) is 9.69. The molecule has 1 aromatic rings. The number of nitrogens with one attached hydrogen (secondary N) is 1. The predicted octanol–water partition coefficient (Wildman–Crippen LogP) is 0.903. The van der Waals surface area contributed by atoms with Crippen LogP contribution in [0.15, 0.2) is 6.20 Å². The highest BCUT2D eigenvalue weighted by Crippen LogP contribution is 2.18. The van der Waals surface area contributed by atoms with Crippen LogP contribution in [0.4, 0.5) is 0 Å². The standard InChI is InChI=1S/C11H17N3O2/c1-8-7-14(9-4-3-5-12-6-9)13-10(8)11(15)16-2/h7,9,12H,3-6H2,1-2H3. The maximum Gasteiger partial charge on any atom is 0.358 e. The summed E-state index contributed by atoms with van der Waals surface area (Å²) in [4.78, 5) is 11.4. The van der Waals surface area contributed by atoms with Gasteiger partial charge in [-0.25, -0.2) is 4.79 Å². The number of hydrogen-bond donors (Lipinski definition) is 1. The zero-order valence-corrected chi connectivity index (χ0v) is 9.69. The highest BCUT2D eigenvalue weighted by atomic mass is 16.5. The van der Waals surface area contributed by atoms with Gasteiger partial charge in [0.25, 0.3) is 0 Å². The van der Waals surface area contributed by atoms with E-state index in [9.17, 15) is 4.79 Å². The van der Waals surface area contributed by atoms with Crippen molar-refractivity contribution in [2.75, 3.05) is 20.2 Å². The summed E-state index contributed by atoms with van der Waals surface area (Å²) in [5, 5.41) is 7.63. The fraction of sp³-hybridized carbons (Fsp3) is 0.636. The van der Waals surface area contributed by atoms with Crippen LogP contribution < -0.4 is 5.32 Å². The molecule has 88 valence electrons. The van der Waals surface area contributed by atoms with E-state index in [4.69, 9.17) is 0 Å². The van der Waals surface area contributed by atoms with Gasteiger partial charge >= 0.3 is 5.97 Å². The quantitative estimate of drug-likeness (QED) is 0.757. The van der Waals surface area contributed by atoms with Crippen LogP contribution in [0.3, 0.4) is 0 Å². The van der Waals surface area contributed by atoms with Crippen LogP contribution in [-0.4, -0.2) is 35.9 Å². The zero-order chi connectivity index (χ0) is 11.5. The summed E-state index contributed by atoms with van der Waals surface area (Å²) in [7, 11) is 1.38. The van der Waals surface area contributed by atoms with E-state index in [-0.39, 0.29) is 5.97 Å². The number of esters is 1. The minimum atomic E-state index is -0.361. The van der Waals surface area contributed by atoms with Crippen molar-refractivity contribution in [1.29, 1.82) is 0 Å². The molecule has 16 heavy (non-hydrogen) atoms. The van der Waals surface area contributed by atoms with E-state index in [2.05, 4.69) is 15.2 Å². The second-order valence-corrected chi connectivity index (χ2v) is 4.13. The number of rotatable bonds is 2. The molecule has 1 aliphatic heterocycles. The first-order valence-electron chi connectivity index (χ1n) is 5.57. The van der Waals surface area contributed by atoms with E-state index in [1.165, 1.54) is 7.11 Å². The number of carbonyl (C=O) groups excluding carboxylic acids is 1. The van der Waals surface area contributed by atoms with Gasteiger partial charge in [0.1, 0.15) is 0 Å². The normalized spacial score (nSPS) is 20.8. The number of methoxy groups -OCH3 is 1. The van der Waals surface area contributed by atoms with Gasteiger partial charge < -0.3 is 10.1 Å². The van der Waals surface area contributed by atoms with Crippen LogP contribution in [0.5, 0.6) is 0 Å². The van der Waals surface area contributed by atoms with E-state index >= 15 is 0 Å². The topological polar surface area (TPSA) is 56.1 Å². The molecule has 0 spiro atoms. The third-order valence-corrected chi connectivity index (χ3v) is 2.94. The van der Waals surface area contributed by atoms with Crippen LogP contribution in [0.2, 0.25) is 0 Å². The van der Waals surface area contributed by atoms with Crippen LogP contribution in [0, 0.1) is 6.92 Å². The van der Waals surface area contributed by atoms with E-state index in [1.807, 2.05) is 17.8 Å². The van der Waals surface area contributed by atoms with Gasteiger partial charge in [0, 0.05) is 18.3 Å². The Morgan fingerprint density at radius 1 is 1.69 bits per heavy atom. The molecular weight excluding hydrogens is 206 g/mol. The molecule has 5 heteroatoms. The Hall–Kier alpha value is -1.36. The van der Waals surface area contributed by atoms with Crippen molar-refractivity contribution in [3.63, 3.8) is 0 Å². The molecule has 2 heterocycles. The second kappa shape index (κ2) is 4.65. The molecule has 0 radical (unpaired) electrons. The Bertz CT molecular complexity index is 381. The lowest BCUT2D eigenvalue weighted by Crippen LogP contribution is -2.32. The predicted molar refractivity (Wildman–Crippen MR) is 59.4 cm³/mol. The minimum Gasteiger partial charge on any atom is -0.464 e. The highest BCUT2D eigenvalue weighted by molar-refractivity contribution is 5.88. The molecule has 1 aliphatic rings. The molecule has 2 rings (SSSR count). The van der Waals surface area contributed by atoms with E-state index < -0.39 is 0 Å². The summed E-state index contributed by atoms with van der Waals surface area (Å²) in [6, 6.07) is 0.353. The van der Waals surface area contributed by atoms with Gasteiger partial charge in [0.2, 0.25) is 0 Å². The molecule has 0 saturated carbocycles. The molecular formula is C11H17N3O2. The molecule has 1 atom stereocenters. The average Bonchev–Trinajstić information content (AvgIpc) is 2.71. The molecule has 1 fully saturated rings. The fourth-order valence-corrected chi connectivity index (χ4v) is 2.03. The maximum absolute atomic E-state index is 11.4. The third-order valence-electron chi connectivity index (χ3n) is 2.94. The summed E-state index contributed by atoms with van der Waals surface area (Å²) in [5.74, 6) is -0.361. The van der Waals surface area contributed by atoms with Gasteiger partial charge in [-0.1, -0.05) is 0 Å². The van der Waals surface area contributed by atoms with Crippen molar-refractivity contribution in [3.8, 4) is 0 Å². The van der Waals surface area contributed by atoms with E-state index in [0.29, 0.717) is 11.7 Å². The molecule has 0 amide bonds. The summed E-state index contributed by atoms with van der Waals surface area (Å²) >= 11 is 0. The monoisotopic (exact) mass is 223 g/mol. The number of aromatic nitrogens is 2. The largest absolute Gasteiger partial charge is 0.464 e. The first-order valence-corrected chi connectivity index (χ1v) is 5.57. The van der Waals surface area contributed by atoms with Crippen molar-refractivity contribution >= 4 is 5.97 Å². The van der Waals surface area contributed by atoms with Gasteiger partial charge in [-0.15, -0.1) is 0 Å². The Labute approximate surface area is 94.8 Å². The van der Waals surface area contributed by atoms with E-state index in [0.717, 1.165) is 31.5 Å². The van der Waals surface area contributed by atoms with Gasteiger partial charge in [0.15, 0.2) is 5.69 Å². The van der Waals surface area contributed by atoms with Crippen LogP contribution in [0.25, 0.3) is 0 Å². The van der Waals surface area contributed by atoms with E-state index in [1.54, 1.807) is 0 Å². The third kappa shape index (κ3) is 2.09. The molecule has 1 saturated heterocycles. The minimum absolute atomic E-state index is 0.353. The van der Waals surface area contributed by atoms with Crippen molar-refractivity contribution in [3.05, 3.63) is 17.5 Å². The Morgan fingerprint density at radius 2 is 2.50 bits per heavy atom. The number of aryl methyl sites for hydroxylation is 1. The number of carbonyl (C=O) groups is 1. The lowest BCUT2D eigenvalue weighted by atomic mass is 10.1. The number of piperidine rings is 1. The van der Waals surface area contributed by atoms with Crippen molar-refractivity contribution in [2.45, 2.75) is 25.8 Å². The highest BCUT2D eigenvalue weighted by Gasteiger charge is 2.20. The summed E-state index contributed by atoms with van der Waals surface area (Å²) in [6.07, 6.45) is 4.18. The van der Waals surface area contributed by atoms with Crippen molar-refractivity contribution in [2.24, 2.45) is 0 Å². The molecule has 1 unspecified atom stereocenters. The molecule has 0 aliphatic carbocycles. The first-order chi connectivity index (χ1) is 7.72. The van der Waals surface area contributed by atoms with Gasteiger partial charge in [0.05, 0.1) is 13.2 Å². The molecule has 1 N–H and O–H groups in total. The summed E-state index contributed by atoms with van der Waals surface area (Å²) in [5.41, 5.74) is 1.30. The molecule has 0 bridgehead atoms. The molecule has 0 aromatic carbocycles. The average molecular weight is 223 g/mol.